The van der Waals surface area contributed by atoms with Crippen molar-refractivity contribution in [3.63, 3.8) is 0 Å². The third-order valence-corrected chi connectivity index (χ3v) is 4.97. The molecule has 2 aromatic carbocycles. The van der Waals surface area contributed by atoms with E-state index in [-0.39, 0.29) is 17.9 Å². The Labute approximate surface area is 169 Å². The number of carbonyl (C=O) groups is 2. The highest BCUT2D eigenvalue weighted by molar-refractivity contribution is 6.31. The van der Waals surface area contributed by atoms with Gasteiger partial charge in [0.25, 0.3) is 5.91 Å². The Bertz CT molecular complexity index is 889. The van der Waals surface area contributed by atoms with Crippen LogP contribution in [0.3, 0.4) is 0 Å². The number of hydrogen-bond donors (Lipinski definition) is 2. The van der Waals surface area contributed by atoms with Crippen molar-refractivity contribution < 1.29 is 14.3 Å². The Balaban J connectivity index is 1.63. The molecule has 5 nitrogen and oxygen atoms in total. The number of aryl methyl sites for hydroxylation is 1. The van der Waals surface area contributed by atoms with E-state index in [0.29, 0.717) is 22.8 Å². The van der Waals surface area contributed by atoms with Gasteiger partial charge in [0.2, 0.25) is 5.91 Å². The van der Waals surface area contributed by atoms with E-state index in [2.05, 4.69) is 10.6 Å². The Kier molecular flexibility index (Phi) is 6.85. The molecule has 3 rings (SSSR count). The van der Waals surface area contributed by atoms with E-state index in [1.54, 1.807) is 36.4 Å². The third kappa shape index (κ3) is 5.44. The fourth-order valence-electron chi connectivity index (χ4n) is 2.96. The molecule has 0 bridgehead atoms. The zero-order valence-electron chi connectivity index (χ0n) is 15.7. The minimum atomic E-state index is -0.323. The minimum absolute atomic E-state index is 0.0648. The van der Waals surface area contributed by atoms with Crippen molar-refractivity contribution in [2.24, 2.45) is 0 Å². The summed E-state index contributed by atoms with van der Waals surface area (Å²) in [4.78, 5) is 24.8. The number of benzene rings is 2. The van der Waals surface area contributed by atoms with Crippen LogP contribution in [0.2, 0.25) is 5.02 Å². The lowest BCUT2D eigenvalue weighted by atomic mass is 10.1. The molecule has 0 saturated carbocycles. The zero-order valence-corrected chi connectivity index (χ0v) is 16.5. The van der Waals surface area contributed by atoms with E-state index in [1.807, 2.05) is 19.1 Å². The molecule has 2 aromatic rings. The summed E-state index contributed by atoms with van der Waals surface area (Å²) in [5, 5.41) is 6.29. The van der Waals surface area contributed by atoms with E-state index in [1.165, 1.54) is 6.08 Å². The van der Waals surface area contributed by atoms with E-state index >= 15 is 0 Å². The molecule has 0 radical (unpaired) electrons. The fourth-order valence-corrected chi connectivity index (χ4v) is 3.15. The first-order chi connectivity index (χ1) is 13.5. The van der Waals surface area contributed by atoms with E-state index in [0.717, 1.165) is 30.6 Å². The SMILES string of the molecule is Cc1ccc(/C=C/C(=O)Nc2ccccc2C(=O)NCC2CCCO2)cc1Cl. The summed E-state index contributed by atoms with van der Waals surface area (Å²) in [7, 11) is 0. The summed E-state index contributed by atoms with van der Waals surface area (Å²) in [6.07, 6.45) is 5.14. The van der Waals surface area contributed by atoms with Gasteiger partial charge >= 0.3 is 0 Å². The third-order valence-electron chi connectivity index (χ3n) is 4.57. The second-order valence-electron chi connectivity index (χ2n) is 6.72. The average Bonchev–Trinajstić information content (AvgIpc) is 3.21. The lowest BCUT2D eigenvalue weighted by Crippen LogP contribution is -2.32. The number of amides is 2. The summed E-state index contributed by atoms with van der Waals surface area (Å²) >= 11 is 6.10. The molecule has 28 heavy (non-hydrogen) atoms. The van der Waals surface area contributed by atoms with Crippen LogP contribution < -0.4 is 10.6 Å². The van der Waals surface area contributed by atoms with Gasteiger partial charge in [-0.25, -0.2) is 0 Å². The smallest absolute Gasteiger partial charge is 0.253 e. The van der Waals surface area contributed by atoms with Crippen LogP contribution in [0.15, 0.2) is 48.5 Å². The molecule has 1 aliphatic heterocycles. The van der Waals surface area contributed by atoms with Gasteiger partial charge in [0.15, 0.2) is 0 Å². The van der Waals surface area contributed by atoms with Gasteiger partial charge < -0.3 is 15.4 Å². The number of nitrogens with one attached hydrogen (secondary N) is 2. The van der Waals surface area contributed by atoms with E-state index in [4.69, 9.17) is 16.3 Å². The Morgan fingerprint density at radius 3 is 2.82 bits per heavy atom. The van der Waals surface area contributed by atoms with Crippen molar-refractivity contribution in [2.75, 3.05) is 18.5 Å². The summed E-state index contributed by atoms with van der Waals surface area (Å²) in [5.41, 5.74) is 2.68. The standard InChI is InChI=1S/C22H23ClN2O3/c1-15-8-9-16(13-19(15)23)10-11-21(26)25-20-7-3-2-6-18(20)22(27)24-14-17-5-4-12-28-17/h2-3,6-11,13,17H,4-5,12,14H2,1H3,(H,24,27)(H,25,26)/b11-10+. The molecule has 0 spiro atoms. The molecular formula is C22H23ClN2O3. The number of ether oxygens (including phenoxy) is 1. The normalized spacial score (nSPS) is 16.3. The van der Waals surface area contributed by atoms with Crippen molar-refractivity contribution in [1.29, 1.82) is 0 Å². The van der Waals surface area contributed by atoms with Crippen molar-refractivity contribution in [1.82, 2.24) is 5.32 Å². The van der Waals surface area contributed by atoms with Gasteiger partial charge in [-0.15, -0.1) is 0 Å². The van der Waals surface area contributed by atoms with Crippen LogP contribution in [-0.4, -0.2) is 31.1 Å². The maximum Gasteiger partial charge on any atom is 0.253 e. The summed E-state index contributed by atoms with van der Waals surface area (Å²) < 4.78 is 5.52. The number of rotatable bonds is 6. The fraction of sp³-hybridized carbons (Fsp3) is 0.273. The average molecular weight is 399 g/mol. The first kappa shape index (κ1) is 20.1. The highest BCUT2D eigenvalue weighted by Gasteiger charge is 2.18. The maximum absolute atomic E-state index is 12.5. The highest BCUT2D eigenvalue weighted by atomic mass is 35.5. The summed E-state index contributed by atoms with van der Waals surface area (Å²) in [6.45, 7) is 3.13. The molecule has 2 amide bonds. The largest absolute Gasteiger partial charge is 0.376 e. The molecule has 1 atom stereocenters. The first-order valence-corrected chi connectivity index (χ1v) is 9.65. The van der Waals surface area contributed by atoms with Gasteiger partial charge in [-0.1, -0.05) is 35.9 Å². The molecule has 1 saturated heterocycles. The van der Waals surface area contributed by atoms with Crippen LogP contribution in [0, 0.1) is 6.92 Å². The molecule has 6 heteroatoms. The van der Waals surface area contributed by atoms with Gasteiger partial charge in [-0.05, 0) is 55.2 Å². The van der Waals surface area contributed by atoms with Crippen molar-refractivity contribution in [2.45, 2.75) is 25.9 Å². The second kappa shape index (κ2) is 9.53. The van der Waals surface area contributed by atoms with Gasteiger partial charge in [0, 0.05) is 24.3 Å². The molecular weight excluding hydrogens is 376 g/mol. The molecule has 0 aromatic heterocycles. The van der Waals surface area contributed by atoms with Crippen LogP contribution in [-0.2, 0) is 9.53 Å². The number of para-hydroxylation sites is 1. The first-order valence-electron chi connectivity index (χ1n) is 9.27. The summed E-state index contributed by atoms with van der Waals surface area (Å²) in [5.74, 6) is -0.559. The summed E-state index contributed by atoms with van der Waals surface area (Å²) in [6, 6.07) is 12.5. The van der Waals surface area contributed by atoms with E-state index in [9.17, 15) is 9.59 Å². The molecule has 1 heterocycles. The molecule has 146 valence electrons. The van der Waals surface area contributed by atoms with Crippen molar-refractivity contribution in [3.05, 3.63) is 70.3 Å². The van der Waals surface area contributed by atoms with Gasteiger partial charge in [-0.3, -0.25) is 9.59 Å². The Morgan fingerprint density at radius 1 is 1.25 bits per heavy atom. The maximum atomic E-state index is 12.5. The molecule has 1 unspecified atom stereocenters. The predicted octanol–water partition coefficient (Wildman–Crippen LogP) is 4.21. The number of carbonyl (C=O) groups excluding carboxylic acids is 2. The molecule has 0 aliphatic carbocycles. The lowest BCUT2D eigenvalue weighted by Gasteiger charge is -2.13. The predicted molar refractivity (Wildman–Crippen MR) is 112 cm³/mol. The Morgan fingerprint density at radius 2 is 2.07 bits per heavy atom. The molecule has 1 fully saturated rings. The van der Waals surface area contributed by atoms with Gasteiger partial charge in [-0.2, -0.15) is 0 Å². The molecule has 1 aliphatic rings. The van der Waals surface area contributed by atoms with Gasteiger partial charge in [0.05, 0.1) is 17.4 Å². The van der Waals surface area contributed by atoms with Crippen molar-refractivity contribution >= 4 is 35.2 Å². The number of anilines is 1. The second-order valence-corrected chi connectivity index (χ2v) is 7.13. The van der Waals surface area contributed by atoms with Crippen LogP contribution in [0.4, 0.5) is 5.69 Å². The van der Waals surface area contributed by atoms with Crippen LogP contribution in [0.5, 0.6) is 0 Å². The van der Waals surface area contributed by atoms with Crippen molar-refractivity contribution in [3.8, 4) is 0 Å². The number of hydrogen-bond acceptors (Lipinski definition) is 3. The van der Waals surface area contributed by atoms with Crippen LogP contribution >= 0.6 is 11.6 Å². The monoisotopic (exact) mass is 398 g/mol. The topological polar surface area (TPSA) is 67.4 Å². The Hall–Kier alpha value is -2.63. The number of halogens is 1. The zero-order chi connectivity index (χ0) is 19.9. The quantitative estimate of drug-likeness (QED) is 0.716. The highest BCUT2D eigenvalue weighted by Crippen LogP contribution is 2.18. The van der Waals surface area contributed by atoms with E-state index < -0.39 is 0 Å². The van der Waals surface area contributed by atoms with Crippen LogP contribution in [0.25, 0.3) is 6.08 Å². The molecule has 2 N–H and O–H groups in total. The minimum Gasteiger partial charge on any atom is -0.376 e. The van der Waals surface area contributed by atoms with Crippen LogP contribution in [0.1, 0.15) is 34.3 Å². The lowest BCUT2D eigenvalue weighted by molar-refractivity contribution is -0.111. The van der Waals surface area contributed by atoms with Gasteiger partial charge in [0.1, 0.15) is 0 Å².